The van der Waals surface area contributed by atoms with Crippen molar-refractivity contribution in [3.8, 4) is 5.75 Å². The van der Waals surface area contributed by atoms with E-state index in [9.17, 15) is 14.4 Å². The van der Waals surface area contributed by atoms with Gasteiger partial charge in [0.1, 0.15) is 11.3 Å². The summed E-state index contributed by atoms with van der Waals surface area (Å²) in [6.07, 6.45) is 1.96. The van der Waals surface area contributed by atoms with Crippen molar-refractivity contribution >= 4 is 22.8 Å². The normalized spacial score (nSPS) is 14.0. The van der Waals surface area contributed by atoms with E-state index in [2.05, 4.69) is 5.32 Å². The smallest absolute Gasteiger partial charge is 0.337 e. The van der Waals surface area contributed by atoms with E-state index in [1.807, 2.05) is 13.8 Å². The van der Waals surface area contributed by atoms with Crippen LogP contribution in [0.1, 0.15) is 37.0 Å². The second kappa shape index (κ2) is 7.59. The fourth-order valence-electron chi connectivity index (χ4n) is 3.01. The lowest BCUT2D eigenvalue weighted by Gasteiger charge is -2.15. The van der Waals surface area contributed by atoms with Crippen LogP contribution in [0.5, 0.6) is 5.75 Å². The maximum atomic E-state index is 12.5. The van der Waals surface area contributed by atoms with Crippen LogP contribution < -0.4 is 15.7 Å². The average molecular weight is 358 g/mol. The Balaban J connectivity index is 1.80. The second-order valence-electron chi connectivity index (χ2n) is 6.57. The van der Waals surface area contributed by atoms with Gasteiger partial charge in [0.05, 0.1) is 18.2 Å². The summed E-state index contributed by atoms with van der Waals surface area (Å²) in [5.41, 5.74) is -0.177. The Kier molecular flexibility index (Phi) is 5.25. The highest BCUT2D eigenvalue weighted by Gasteiger charge is 2.20. The SMILES string of the molecule is CC(C)Oc1ccc2c(C(=O)NCC(=O)N3CCCC3)cc(=O)oc2c1. The number of fused-ring (bicyclic) bond motifs is 1. The number of hydrogen-bond acceptors (Lipinski definition) is 5. The molecule has 1 aromatic carbocycles. The molecule has 2 heterocycles. The zero-order chi connectivity index (χ0) is 18.7. The number of nitrogens with zero attached hydrogens (tertiary/aromatic N) is 1. The molecule has 1 aromatic heterocycles. The van der Waals surface area contributed by atoms with E-state index in [1.54, 1.807) is 23.1 Å². The maximum absolute atomic E-state index is 12.5. The van der Waals surface area contributed by atoms with Crippen LogP contribution in [0, 0.1) is 0 Å². The van der Waals surface area contributed by atoms with Gasteiger partial charge in [-0.25, -0.2) is 4.79 Å². The molecule has 0 atom stereocenters. The summed E-state index contributed by atoms with van der Waals surface area (Å²) in [5.74, 6) is -0.0406. The topological polar surface area (TPSA) is 88.9 Å². The number of benzene rings is 1. The van der Waals surface area contributed by atoms with Crippen LogP contribution in [0.2, 0.25) is 0 Å². The summed E-state index contributed by atoms with van der Waals surface area (Å²) in [5, 5.41) is 3.09. The summed E-state index contributed by atoms with van der Waals surface area (Å²) in [4.78, 5) is 38.1. The van der Waals surface area contributed by atoms with Crippen molar-refractivity contribution in [2.45, 2.75) is 32.8 Å². The summed E-state index contributed by atoms with van der Waals surface area (Å²) < 4.78 is 10.8. The van der Waals surface area contributed by atoms with Crippen molar-refractivity contribution in [1.29, 1.82) is 0 Å². The molecular formula is C19H22N2O5. The summed E-state index contributed by atoms with van der Waals surface area (Å²) in [7, 11) is 0. The molecular weight excluding hydrogens is 336 g/mol. The van der Waals surface area contributed by atoms with Gasteiger partial charge < -0.3 is 19.4 Å². The third-order valence-corrected chi connectivity index (χ3v) is 4.19. The van der Waals surface area contributed by atoms with Gasteiger partial charge in [0, 0.05) is 30.6 Å². The van der Waals surface area contributed by atoms with E-state index in [1.165, 1.54) is 0 Å². The molecule has 3 rings (SSSR count). The van der Waals surface area contributed by atoms with Crippen LogP contribution in [0.25, 0.3) is 11.0 Å². The van der Waals surface area contributed by atoms with Crippen molar-refractivity contribution in [1.82, 2.24) is 10.2 Å². The Morgan fingerprint density at radius 1 is 1.23 bits per heavy atom. The minimum absolute atomic E-state index is 0.0257. The Morgan fingerprint density at radius 2 is 1.96 bits per heavy atom. The van der Waals surface area contributed by atoms with Gasteiger partial charge >= 0.3 is 5.63 Å². The highest BCUT2D eigenvalue weighted by molar-refractivity contribution is 6.06. The van der Waals surface area contributed by atoms with Gasteiger partial charge in [0.25, 0.3) is 5.91 Å². The summed E-state index contributed by atoms with van der Waals surface area (Å²) in [6.45, 7) is 5.15. The molecule has 1 fully saturated rings. The monoisotopic (exact) mass is 358 g/mol. The quantitative estimate of drug-likeness (QED) is 0.825. The molecule has 0 unspecified atom stereocenters. The predicted octanol–water partition coefficient (Wildman–Crippen LogP) is 1.93. The third kappa shape index (κ3) is 4.04. The number of carbonyl (C=O) groups excluding carboxylic acids is 2. The number of likely N-dealkylation sites (tertiary alicyclic amines) is 1. The van der Waals surface area contributed by atoms with Gasteiger partial charge in [0.2, 0.25) is 5.91 Å². The fraction of sp³-hybridized carbons (Fsp3) is 0.421. The van der Waals surface area contributed by atoms with Gasteiger partial charge in [-0.15, -0.1) is 0 Å². The first-order valence-electron chi connectivity index (χ1n) is 8.74. The molecule has 0 bridgehead atoms. The largest absolute Gasteiger partial charge is 0.491 e. The Labute approximate surface area is 150 Å². The van der Waals surface area contributed by atoms with E-state index in [0.29, 0.717) is 11.1 Å². The maximum Gasteiger partial charge on any atom is 0.337 e. The number of nitrogens with one attached hydrogen (secondary N) is 1. The van der Waals surface area contributed by atoms with Crippen LogP contribution in [-0.2, 0) is 4.79 Å². The lowest BCUT2D eigenvalue weighted by Crippen LogP contribution is -2.38. The summed E-state index contributed by atoms with van der Waals surface area (Å²) in [6, 6.07) is 6.12. The third-order valence-electron chi connectivity index (χ3n) is 4.19. The molecule has 26 heavy (non-hydrogen) atoms. The van der Waals surface area contributed by atoms with E-state index in [-0.39, 0.29) is 29.7 Å². The fourth-order valence-corrected chi connectivity index (χ4v) is 3.01. The standard InChI is InChI=1S/C19H22N2O5/c1-12(2)25-13-5-6-14-15(10-18(23)26-16(14)9-13)19(24)20-11-17(22)21-7-3-4-8-21/h5-6,9-10,12H,3-4,7-8,11H2,1-2H3,(H,20,24). The first kappa shape index (κ1) is 18.0. The Morgan fingerprint density at radius 3 is 2.65 bits per heavy atom. The zero-order valence-electron chi connectivity index (χ0n) is 14.9. The van der Waals surface area contributed by atoms with Gasteiger partial charge in [0.15, 0.2) is 0 Å². The van der Waals surface area contributed by atoms with E-state index >= 15 is 0 Å². The number of hydrogen-bond donors (Lipinski definition) is 1. The van der Waals surface area contributed by atoms with Crippen molar-refractivity contribution in [2.75, 3.05) is 19.6 Å². The lowest BCUT2D eigenvalue weighted by molar-refractivity contribution is -0.129. The number of carbonyl (C=O) groups is 2. The lowest BCUT2D eigenvalue weighted by atomic mass is 10.1. The van der Waals surface area contributed by atoms with Gasteiger partial charge in [-0.1, -0.05) is 0 Å². The zero-order valence-corrected chi connectivity index (χ0v) is 14.9. The molecule has 1 aliphatic heterocycles. The van der Waals surface area contributed by atoms with Crippen molar-refractivity contribution in [3.05, 3.63) is 40.2 Å². The predicted molar refractivity (Wildman–Crippen MR) is 96.4 cm³/mol. The molecule has 7 heteroatoms. The molecule has 1 saturated heterocycles. The van der Waals surface area contributed by atoms with Crippen LogP contribution in [0.4, 0.5) is 0 Å². The molecule has 0 saturated carbocycles. The Hall–Kier alpha value is -2.83. The van der Waals surface area contributed by atoms with Gasteiger partial charge in [-0.3, -0.25) is 9.59 Å². The molecule has 1 N–H and O–H groups in total. The number of amides is 2. The molecule has 2 aromatic rings. The van der Waals surface area contributed by atoms with E-state index in [0.717, 1.165) is 32.0 Å². The van der Waals surface area contributed by atoms with Crippen LogP contribution in [0.3, 0.4) is 0 Å². The molecule has 138 valence electrons. The van der Waals surface area contributed by atoms with Gasteiger partial charge in [-0.05, 0) is 38.8 Å². The second-order valence-corrected chi connectivity index (χ2v) is 6.57. The molecule has 0 radical (unpaired) electrons. The Bertz CT molecular complexity index is 881. The minimum Gasteiger partial charge on any atom is -0.491 e. The highest BCUT2D eigenvalue weighted by Crippen LogP contribution is 2.23. The average Bonchev–Trinajstić information content (AvgIpc) is 3.12. The van der Waals surface area contributed by atoms with Crippen molar-refractivity contribution in [2.24, 2.45) is 0 Å². The number of rotatable bonds is 5. The molecule has 2 amide bonds. The first-order chi connectivity index (χ1) is 12.4. The van der Waals surface area contributed by atoms with Crippen LogP contribution >= 0.6 is 0 Å². The van der Waals surface area contributed by atoms with E-state index in [4.69, 9.17) is 9.15 Å². The number of ether oxygens (including phenoxy) is 1. The molecule has 0 aliphatic carbocycles. The van der Waals surface area contributed by atoms with Crippen LogP contribution in [-0.4, -0.2) is 42.5 Å². The summed E-state index contributed by atoms with van der Waals surface area (Å²) >= 11 is 0. The minimum atomic E-state index is -0.629. The van der Waals surface area contributed by atoms with Crippen molar-refractivity contribution in [3.63, 3.8) is 0 Å². The van der Waals surface area contributed by atoms with Gasteiger partial charge in [-0.2, -0.15) is 0 Å². The highest BCUT2D eigenvalue weighted by atomic mass is 16.5. The van der Waals surface area contributed by atoms with Crippen LogP contribution in [0.15, 0.2) is 33.5 Å². The first-order valence-corrected chi connectivity index (χ1v) is 8.74. The molecule has 1 aliphatic rings. The van der Waals surface area contributed by atoms with Crippen molar-refractivity contribution < 1.29 is 18.7 Å². The molecule has 0 spiro atoms. The molecule has 7 nitrogen and oxygen atoms in total. The van der Waals surface area contributed by atoms with E-state index < -0.39 is 11.5 Å².